The molecular formula is C27H40N3O8S-. The summed E-state index contributed by atoms with van der Waals surface area (Å²) in [4.78, 5) is 38.4. The molecule has 1 unspecified atom stereocenters. The first-order chi connectivity index (χ1) is 18.3. The van der Waals surface area contributed by atoms with Gasteiger partial charge in [0.2, 0.25) is 11.8 Å². The summed E-state index contributed by atoms with van der Waals surface area (Å²) in [6.07, 6.45) is 3.31. The van der Waals surface area contributed by atoms with E-state index in [1.54, 1.807) is 0 Å². The maximum Gasteiger partial charge on any atom is 0.408 e. The molecule has 4 atom stereocenters. The number of aliphatic hydroxyl groups is 1. The summed E-state index contributed by atoms with van der Waals surface area (Å²) in [7, 11) is -5.19. The highest BCUT2D eigenvalue weighted by Crippen LogP contribution is 2.36. The van der Waals surface area contributed by atoms with E-state index in [1.807, 2.05) is 39.0 Å². The van der Waals surface area contributed by atoms with Crippen LogP contribution < -0.4 is 16.0 Å². The van der Waals surface area contributed by atoms with Crippen molar-refractivity contribution >= 4 is 28.0 Å². The molecule has 1 aliphatic carbocycles. The van der Waals surface area contributed by atoms with Crippen LogP contribution in [-0.4, -0.2) is 65.7 Å². The minimum absolute atomic E-state index is 0.0407. The van der Waals surface area contributed by atoms with E-state index < -0.39 is 51.2 Å². The topological polar surface area (TPSA) is 174 Å². The normalized spacial score (nSPS) is 21.2. The monoisotopic (exact) mass is 566 g/mol. The van der Waals surface area contributed by atoms with Crippen molar-refractivity contribution in [1.29, 1.82) is 0 Å². The van der Waals surface area contributed by atoms with Gasteiger partial charge in [0.1, 0.15) is 21.8 Å². The summed E-state index contributed by atoms with van der Waals surface area (Å²) in [5, 5.41) is 17.8. The molecule has 1 heterocycles. The minimum Gasteiger partial charge on any atom is -0.746 e. The van der Waals surface area contributed by atoms with E-state index in [0.29, 0.717) is 32.2 Å². The van der Waals surface area contributed by atoms with E-state index in [1.165, 1.54) is 0 Å². The Kier molecular flexibility index (Phi) is 10.4. The number of aryl methyl sites for hydroxylation is 1. The Morgan fingerprint density at radius 2 is 1.92 bits per heavy atom. The van der Waals surface area contributed by atoms with Crippen LogP contribution in [0.25, 0.3) is 0 Å². The maximum atomic E-state index is 13.3. The number of hydrogen-bond donors (Lipinski definition) is 4. The van der Waals surface area contributed by atoms with Crippen molar-refractivity contribution in [1.82, 2.24) is 16.0 Å². The van der Waals surface area contributed by atoms with Gasteiger partial charge in [-0.15, -0.1) is 0 Å². The lowest BCUT2D eigenvalue weighted by Gasteiger charge is -2.32. The van der Waals surface area contributed by atoms with Gasteiger partial charge in [-0.2, -0.15) is 0 Å². The van der Waals surface area contributed by atoms with Gasteiger partial charge < -0.3 is 30.3 Å². The lowest BCUT2D eigenvalue weighted by molar-refractivity contribution is -0.126. The Balaban J connectivity index is 1.73. The number of amides is 3. The largest absolute Gasteiger partial charge is 0.746 e. The van der Waals surface area contributed by atoms with Crippen LogP contribution in [0.3, 0.4) is 0 Å². The fourth-order valence-corrected chi connectivity index (χ4v) is 6.09. The zero-order valence-electron chi connectivity index (χ0n) is 22.8. The summed E-state index contributed by atoms with van der Waals surface area (Å²) in [6, 6.07) is 5.35. The van der Waals surface area contributed by atoms with Crippen molar-refractivity contribution in [3.8, 4) is 0 Å². The molecule has 3 rings (SSSR count). The van der Waals surface area contributed by atoms with Crippen molar-refractivity contribution in [2.75, 3.05) is 6.54 Å². The molecule has 2 fully saturated rings. The van der Waals surface area contributed by atoms with E-state index in [-0.39, 0.29) is 24.7 Å². The predicted molar refractivity (Wildman–Crippen MR) is 142 cm³/mol. The number of benzene rings is 1. The average Bonchev–Trinajstić information content (AvgIpc) is 3.45. The first-order valence-electron chi connectivity index (χ1n) is 13.5. The van der Waals surface area contributed by atoms with E-state index in [4.69, 9.17) is 4.74 Å². The molecule has 0 bridgehead atoms. The second-order valence-corrected chi connectivity index (χ2v) is 12.8. The fraction of sp³-hybridized carbons (Fsp3) is 0.667. The van der Waals surface area contributed by atoms with Crippen molar-refractivity contribution in [3.05, 3.63) is 35.4 Å². The summed E-state index contributed by atoms with van der Waals surface area (Å²) < 4.78 is 40.7. The Hall–Kier alpha value is -2.70. The van der Waals surface area contributed by atoms with Gasteiger partial charge in [0.15, 0.2) is 5.44 Å². The van der Waals surface area contributed by atoms with Crippen LogP contribution in [0.2, 0.25) is 0 Å². The summed E-state index contributed by atoms with van der Waals surface area (Å²) in [5.74, 6) is -1.83. The number of alkyl carbamates (subject to hydrolysis) is 1. The summed E-state index contributed by atoms with van der Waals surface area (Å²) >= 11 is 0. The quantitative estimate of drug-likeness (QED) is 0.277. The highest BCUT2D eigenvalue weighted by atomic mass is 32.2. The lowest BCUT2D eigenvalue weighted by Crippen LogP contribution is -2.55. The third kappa shape index (κ3) is 8.91. The summed E-state index contributed by atoms with van der Waals surface area (Å²) in [5.41, 5.74) is -1.00. The smallest absolute Gasteiger partial charge is 0.408 e. The van der Waals surface area contributed by atoms with Crippen LogP contribution >= 0.6 is 0 Å². The standard InChI is InChI=1S/C27H41N3O8S/c1-17(2)13-21(24(32)29-22(25(33)39(35,36)37)15-20-9-12-28-23(20)31)30-26(34)38-27(10-4-5-11-27)16-19-8-6-7-18(3)14-19/h6-8,14,17,20-22,25,33H,4-5,9-13,15-16H2,1-3H3,(H,28,31)(H,29,32)(H,30,34)(H,35,36,37)/p-1/t20-,21-,22-,25?/m0/s1. The number of carbonyl (C=O) groups excluding carboxylic acids is 3. The van der Waals surface area contributed by atoms with Crippen LogP contribution in [0.1, 0.15) is 69.9 Å². The van der Waals surface area contributed by atoms with E-state index in [0.717, 1.165) is 24.0 Å². The van der Waals surface area contributed by atoms with Gasteiger partial charge in [0.05, 0.1) is 6.04 Å². The van der Waals surface area contributed by atoms with Crippen molar-refractivity contribution in [2.24, 2.45) is 11.8 Å². The highest BCUT2D eigenvalue weighted by Gasteiger charge is 2.40. The van der Waals surface area contributed by atoms with Gasteiger partial charge >= 0.3 is 6.09 Å². The van der Waals surface area contributed by atoms with Crippen LogP contribution in [0.15, 0.2) is 24.3 Å². The molecule has 1 aliphatic heterocycles. The van der Waals surface area contributed by atoms with Crippen LogP contribution in [0.4, 0.5) is 4.79 Å². The number of rotatable bonds is 12. The summed E-state index contributed by atoms with van der Waals surface area (Å²) in [6.45, 7) is 6.06. The first kappa shape index (κ1) is 30.8. The zero-order valence-corrected chi connectivity index (χ0v) is 23.6. The molecule has 1 aromatic carbocycles. The molecule has 1 aromatic rings. The number of aliphatic hydroxyl groups excluding tert-OH is 1. The molecule has 39 heavy (non-hydrogen) atoms. The molecule has 0 aromatic heterocycles. The molecule has 218 valence electrons. The number of carbonyl (C=O) groups is 3. The number of nitrogens with one attached hydrogen (secondary N) is 3. The third-order valence-corrected chi connectivity index (χ3v) is 8.34. The fourth-order valence-electron chi connectivity index (χ4n) is 5.51. The van der Waals surface area contributed by atoms with Gasteiger partial charge in [-0.1, -0.05) is 43.7 Å². The van der Waals surface area contributed by atoms with Gasteiger partial charge in [0, 0.05) is 18.9 Å². The van der Waals surface area contributed by atoms with Crippen LogP contribution in [0, 0.1) is 18.8 Å². The Morgan fingerprint density at radius 3 is 2.49 bits per heavy atom. The molecule has 4 N–H and O–H groups in total. The molecule has 11 nitrogen and oxygen atoms in total. The molecule has 3 amide bonds. The molecular weight excluding hydrogens is 526 g/mol. The Labute approximate surface area is 230 Å². The molecule has 12 heteroatoms. The van der Waals surface area contributed by atoms with Crippen molar-refractivity contribution < 1.29 is 37.2 Å². The second kappa shape index (κ2) is 13.1. The Morgan fingerprint density at radius 1 is 1.23 bits per heavy atom. The molecule has 1 saturated carbocycles. The lowest BCUT2D eigenvalue weighted by atomic mass is 9.92. The maximum absolute atomic E-state index is 13.3. The molecule has 0 radical (unpaired) electrons. The molecule has 1 saturated heterocycles. The molecule has 0 spiro atoms. The van der Waals surface area contributed by atoms with Gasteiger partial charge in [0.25, 0.3) is 0 Å². The van der Waals surface area contributed by atoms with Crippen molar-refractivity contribution in [3.63, 3.8) is 0 Å². The third-order valence-electron chi connectivity index (χ3n) is 7.42. The van der Waals surface area contributed by atoms with Gasteiger partial charge in [-0.3, -0.25) is 9.59 Å². The molecule has 2 aliphatic rings. The second-order valence-electron chi connectivity index (χ2n) is 11.3. The van der Waals surface area contributed by atoms with Gasteiger partial charge in [-0.05, 0) is 63.4 Å². The highest BCUT2D eigenvalue weighted by molar-refractivity contribution is 7.86. The Bertz CT molecular complexity index is 1130. The number of ether oxygens (including phenoxy) is 1. The predicted octanol–water partition coefficient (Wildman–Crippen LogP) is 1.87. The number of hydrogen-bond acceptors (Lipinski definition) is 8. The van der Waals surface area contributed by atoms with E-state index in [9.17, 15) is 32.5 Å². The van der Waals surface area contributed by atoms with Gasteiger partial charge in [-0.25, -0.2) is 13.2 Å². The zero-order chi connectivity index (χ0) is 28.8. The average molecular weight is 567 g/mol. The van der Waals surface area contributed by atoms with E-state index >= 15 is 0 Å². The minimum atomic E-state index is -5.19. The van der Waals surface area contributed by atoms with Crippen LogP contribution in [-0.2, 0) is 30.9 Å². The van der Waals surface area contributed by atoms with E-state index in [2.05, 4.69) is 22.0 Å². The van der Waals surface area contributed by atoms with Crippen LogP contribution in [0.5, 0.6) is 0 Å². The SMILES string of the molecule is Cc1cccc(CC2(OC(=O)N[C@@H](CC(C)C)C(=O)N[C@@H](C[C@@H]3CCNC3=O)C(O)S(=O)(=O)[O-])CCCC2)c1. The van der Waals surface area contributed by atoms with Crippen molar-refractivity contribution in [2.45, 2.75) is 95.3 Å². The first-order valence-corrected chi connectivity index (χ1v) is 15.0.